The van der Waals surface area contributed by atoms with Gasteiger partial charge in [-0.3, -0.25) is 33.6 Å². The highest BCUT2D eigenvalue weighted by Gasteiger charge is 2.33. The second-order valence-corrected chi connectivity index (χ2v) is 6.85. The Morgan fingerprint density at radius 3 is 1.29 bits per heavy atom. The first-order valence-corrected chi connectivity index (χ1v) is 9.40. The summed E-state index contributed by atoms with van der Waals surface area (Å²) in [6.45, 7) is 0. The molecule has 0 saturated carbocycles. The minimum Gasteiger partial charge on any atom is -0.481 e. The summed E-state index contributed by atoms with van der Waals surface area (Å²) in [5, 5.41) is 50.0. The van der Waals surface area contributed by atoms with Crippen LogP contribution in [0.4, 0.5) is 0 Å². The highest BCUT2D eigenvalue weighted by Crippen LogP contribution is 2.03. The molecule has 0 aromatic heterocycles. The van der Waals surface area contributed by atoms with Gasteiger partial charge < -0.3 is 47.2 Å². The zero-order valence-corrected chi connectivity index (χ0v) is 17.4. The van der Waals surface area contributed by atoms with Crippen LogP contribution in [0.3, 0.4) is 0 Å². The topological polar surface area (TPSA) is 300 Å². The Balaban J connectivity index is 5.56. The van der Waals surface area contributed by atoms with Gasteiger partial charge in [0.25, 0.3) is 0 Å². The summed E-state index contributed by atoms with van der Waals surface area (Å²) in [6, 6.07) is -7.26. The SMILES string of the molecule is N[C@@H](CC(=O)O)C(=O)N[C@@H](CC(=O)O)C(=O)N[C@@H](CC(=O)O)C(=O)N[C@@H](CCC(=O)O)C(=O)O. The summed E-state index contributed by atoms with van der Waals surface area (Å²) in [6.07, 6.45) is -4.23. The first-order valence-electron chi connectivity index (χ1n) is 9.40. The number of nitrogens with two attached hydrogens (primary N) is 1. The maximum Gasteiger partial charge on any atom is 0.326 e. The molecule has 0 radical (unpaired) electrons. The summed E-state index contributed by atoms with van der Waals surface area (Å²) in [4.78, 5) is 91.5. The summed E-state index contributed by atoms with van der Waals surface area (Å²) in [5.74, 6) is -11.6. The maximum absolute atomic E-state index is 12.5. The molecule has 0 aromatic rings. The van der Waals surface area contributed by atoms with E-state index in [2.05, 4.69) is 0 Å². The summed E-state index contributed by atoms with van der Waals surface area (Å²) >= 11 is 0. The van der Waals surface area contributed by atoms with E-state index in [-0.39, 0.29) is 0 Å². The van der Waals surface area contributed by atoms with E-state index in [0.29, 0.717) is 0 Å². The fraction of sp³-hybridized carbons (Fsp3) is 0.529. The summed E-state index contributed by atoms with van der Waals surface area (Å²) in [7, 11) is 0. The summed E-state index contributed by atoms with van der Waals surface area (Å²) < 4.78 is 0. The first kappa shape index (κ1) is 29.7. The molecule has 17 nitrogen and oxygen atoms in total. The van der Waals surface area contributed by atoms with E-state index >= 15 is 0 Å². The molecule has 17 heteroatoms. The lowest BCUT2D eigenvalue weighted by molar-refractivity contribution is -0.145. The van der Waals surface area contributed by atoms with Crippen molar-refractivity contribution in [1.82, 2.24) is 16.0 Å². The third kappa shape index (κ3) is 11.9. The monoisotopic (exact) mass is 492 g/mol. The molecular formula is C17H24N4O13. The fourth-order valence-electron chi connectivity index (χ4n) is 2.40. The molecule has 0 saturated heterocycles. The number of hydrogen-bond donors (Lipinski definition) is 9. The van der Waals surface area contributed by atoms with Gasteiger partial charge in [0.15, 0.2) is 0 Å². The Morgan fingerprint density at radius 1 is 0.559 bits per heavy atom. The number of amides is 3. The molecule has 34 heavy (non-hydrogen) atoms. The van der Waals surface area contributed by atoms with Crippen molar-refractivity contribution in [2.24, 2.45) is 5.73 Å². The van der Waals surface area contributed by atoms with Crippen molar-refractivity contribution >= 4 is 47.6 Å². The molecule has 0 aliphatic heterocycles. The highest BCUT2D eigenvalue weighted by atomic mass is 16.4. The van der Waals surface area contributed by atoms with Crippen molar-refractivity contribution in [1.29, 1.82) is 0 Å². The van der Waals surface area contributed by atoms with Gasteiger partial charge in [0.05, 0.1) is 25.3 Å². The summed E-state index contributed by atoms with van der Waals surface area (Å²) in [5.41, 5.74) is 5.33. The number of carboxylic acid groups (broad SMARTS) is 5. The van der Waals surface area contributed by atoms with E-state index in [9.17, 15) is 38.4 Å². The molecule has 0 fully saturated rings. The van der Waals surface area contributed by atoms with Crippen LogP contribution in [0.5, 0.6) is 0 Å². The lowest BCUT2D eigenvalue weighted by Crippen LogP contribution is -2.58. The zero-order chi connectivity index (χ0) is 26.6. The van der Waals surface area contributed by atoms with Crippen LogP contribution >= 0.6 is 0 Å². The molecule has 0 unspecified atom stereocenters. The Bertz CT molecular complexity index is 843. The third-order valence-corrected chi connectivity index (χ3v) is 4.02. The van der Waals surface area contributed by atoms with Crippen LogP contribution in [0.1, 0.15) is 32.1 Å². The fourth-order valence-corrected chi connectivity index (χ4v) is 2.40. The average Bonchev–Trinajstić information content (AvgIpc) is 2.68. The van der Waals surface area contributed by atoms with Crippen LogP contribution in [0.2, 0.25) is 0 Å². The second-order valence-electron chi connectivity index (χ2n) is 6.85. The molecule has 190 valence electrons. The van der Waals surface area contributed by atoms with Gasteiger partial charge in [0.1, 0.15) is 18.1 Å². The standard InChI is InChI=1S/C17H24N4O13/c18-6(3-11(24)25)14(30)20-8(4-12(26)27)16(32)21-9(5-13(28)29)15(31)19-7(17(33)34)1-2-10(22)23/h6-9H,1-5,18H2,(H,19,31)(H,20,30)(H,21,32)(H,22,23)(H,24,25)(H,26,27)(H,28,29)(H,33,34)/t6-,7-,8-,9-/m0/s1. The van der Waals surface area contributed by atoms with Gasteiger partial charge in [-0.15, -0.1) is 0 Å². The molecule has 10 N–H and O–H groups in total. The number of carboxylic acids is 5. The van der Waals surface area contributed by atoms with Crippen LogP contribution in [0, 0.1) is 0 Å². The zero-order valence-electron chi connectivity index (χ0n) is 17.4. The Kier molecular flexibility index (Phi) is 12.2. The van der Waals surface area contributed by atoms with Crippen LogP contribution < -0.4 is 21.7 Å². The molecule has 0 heterocycles. The molecule has 0 rings (SSSR count). The van der Waals surface area contributed by atoms with E-state index in [1.807, 2.05) is 16.0 Å². The molecule has 0 bridgehead atoms. The third-order valence-electron chi connectivity index (χ3n) is 4.02. The van der Waals surface area contributed by atoms with E-state index in [0.717, 1.165) is 0 Å². The largest absolute Gasteiger partial charge is 0.481 e. The molecule has 0 spiro atoms. The predicted octanol–water partition coefficient (Wildman–Crippen LogP) is -3.86. The van der Waals surface area contributed by atoms with Crippen molar-refractivity contribution < 1.29 is 63.9 Å². The minimum atomic E-state index is -1.95. The van der Waals surface area contributed by atoms with Crippen molar-refractivity contribution in [3.8, 4) is 0 Å². The average molecular weight is 492 g/mol. The molecule has 0 aliphatic rings. The highest BCUT2D eigenvalue weighted by molar-refractivity contribution is 5.97. The smallest absolute Gasteiger partial charge is 0.326 e. The predicted molar refractivity (Wildman–Crippen MR) is 105 cm³/mol. The molecular weight excluding hydrogens is 468 g/mol. The Morgan fingerprint density at radius 2 is 0.941 bits per heavy atom. The number of nitrogens with one attached hydrogen (secondary N) is 3. The van der Waals surface area contributed by atoms with Crippen LogP contribution in [-0.2, 0) is 38.4 Å². The molecule has 0 aliphatic carbocycles. The quantitative estimate of drug-likeness (QED) is 0.0996. The van der Waals surface area contributed by atoms with Crippen molar-refractivity contribution in [2.75, 3.05) is 0 Å². The van der Waals surface area contributed by atoms with E-state index in [1.54, 1.807) is 0 Å². The van der Waals surface area contributed by atoms with Gasteiger partial charge in [0, 0.05) is 6.42 Å². The van der Waals surface area contributed by atoms with Gasteiger partial charge >= 0.3 is 29.8 Å². The maximum atomic E-state index is 12.5. The normalized spacial score (nSPS) is 13.9. The Labute approximate surface area is 190 Å². The van der Waals surface area contributed by atoms with Gasteiger partial charge in [-0.25, -0.2) is 4.79 Å². The van der Waals surface area contributed by atoms with Crippen LogP contribution in [0.25, 0.3) is 0 Å². The number of rotatable bonds is 16. The van der Waals surface area contributed by atoms with Crippen molar-refractivity contribution in [3.05, 3.63) is 0 Å². The van der Waals surface area contributed by atoms with Gasteiger partial charge in [-0.1, -0.05) is 0 Å². The van der Waals surface area contributed by atoms with Gasteiger partial charge in [-0.05, 0) is 6.42 Å². The molecule has 4 atom stereocenters. The van der Waals surface area contributed by atoms with Crippen LogP contribution in [-0.4, -0.2) is 97.3 Å². The van der Waals surface area contributed by atoms with Gasteiger partial charge in [0.2, 0.25) is 17.7 Å². The molecule has 3 amide bonds. The number of aliphatic carboxylic acids is 5. The van der Waals surface area contributed by atoms with Crippen molar-refractivity contribution in [2.45, 2.75) is 56.3 Å². The second kappa shape index (κ2) is 14.0. The number of carbonyl (C=O) groups is 8. The first-order chi connectivity index (χ1) is 15.6. The van der Waals surface area contributed by atoms with Gasteiger partial charge in [-0.2, -0.15) is 0 Å². The van der Waals surface area contributed by atoms with Crippen molar-refractivity contribution in [3.63, 3.8) is 0 Å². The number of carbonyl (C=O) groups excluding carboxylic acids is 3. The Hall–Kier alpha value is -4.28. The molecule has 0 aromatic carbocycles. The van der Waals surface area contributed by atoms with E-state index in [1.165, 1.54) is 0 Å². The number of hydrogen-bond acceptors (Lipinski definition) is 9. The lowest BCUT2D eigenvalue weighted by Gasteiger charge is -2.23. The van der Waals surface area contributed by atoms with Crippen LogP contribution in [0.15, 0.2) is 0 Å². The van der Waals surface area contributed by atoms with E-state index < -0.39 is 104 Å². The van der Waals surface area contributed by atoms with E-state index in [4.69, 9.17) is 31.3 Å². The minimum absolute atomic E-state index is 0.566. The lowest BCUT2D eigenvalue weighted by atomic mass is 10.1.